The minimum absolute atomic E-state index is 0.0984. The van der Waals surface area contributed by atoms with E-state index in [-0.39, 0.29) is 22.2 Å². The van der Waals surface area contributed by atoms with Gasteiger partial charge in [0.05, 0.1) is 10.7 Å². The number of hydrogen-bond donors (Lipinski definition) is 0. The van der Waals surface area contributed by atoms with Crippen LogP contribution in [0.5, 0.6) is 5.88 Å². The molecule has 0 unspecified atom stereocenters. The van der Waals surface area contributed by atoms with Crippen LogP contribution in [0.3, 0.4) is 0 Å². The summed E-state index contributed by atoms with van der Waals surface area (Å²) in [6, 6.07) is 1.63. The van der Waals surface area contributed by atoms with Gasteiger partial charge in [0, 0.05) is 24.6 Å². The summed E-state index contributed by atoms with van der Waals surface area (Å²) in [6.07, 6.45) is 0. The molecule has 0 amide bonds. The van der Waals surface area contributed by atoms with E-state index in [1.807, 2.05) is 0 Å². The number of nitrogens with zero attached hydrogens (tertiary/aromatic N) is 2. The predicted octanol–water partition coefficient (Wildman–Crippen LogP) is 3.81. The second-order valence-electron chi connectivity index (χ2n) is 5.31. The Bertz CT molecular complexity index is 825. The molecule has 0 spiro atoms. The molecule has 5 nitrogen and oxygen atoms in total. The number of carbonyl (C=O) groups excluding carboxylic acids is 2. The average Bonchev–Trinajstić information content (AvgIpc) is 2.73. The third kappa shape index (κ3) is 3.12. The molecule has 2 aromatic rings. The van der Waals surface area contributed by atoms with E-state index >= 15 is 0 Å². The fourth-order valence-electron chi connectivity index (χ4n) is 2.39. The van der Waals surface area contributed by atoms with Crippen molar-refractivity contribution in [3.05, 3.63) is 44.1 Å². The SMILES string of the molecule is CC(=O)Oc1c(C(=O)c2cc(C)c(Cl)c(C)c2Cl)c(C)nn1C. The van der Waals surface area contributed by atoms with Crippen LogP contribution in [-0.4, -0.2) is 21.5 Å². The van der Waals surface area contributed by atoms with E-state index < -0.39 is 5.97 Å². The lowest BCUT2D eigenvalue weighted by Gasteiger charge is -2.11. The zero-order chi connectivity index (χ0) is 17.5. The van der Waals surface area contributed by atoms with Crippen LogP contribution < -0.4 is 4.74 Å². The van der Waals surface area contributed by atoms with Crippen LogP contribution in [0.2, 0.25) is 10.0 Å². The molecule has 0 aliphatic carbocycles. The zero-order valence-corrected chi connectivity index (χ0v) is 15.0. The van der Waals surface area contributed by atoms with Crippen molar-refractivity contribution in [1.29, 1.82) is 0 Å². The number of ketones is 1. The van der Waals surface area contributed by atoms with Crippen molar-refractivity contribution in [3.8, 4) is 5.88 Å². The maximum Gasteiger partial charge on any atom is 0.309 e. The molecule has 0 N–H and O–H groups in total. The Hall–Kier alpha value is -1.85. The standard InChI is InChI=1S/C16H16Cl2N2O3/c1-7-6-11(14(18)8(2)13(7)17)15(22)12-9(3)19-20(5)16(12)23-10(4)21/h6H,1-5H3. The second kappa shape index (κ2) is 6.34. The molecular weight excluding hydrogens is 339 g/mol. The predicted molar refractivity (Wildman–Crippen MR) is 88.6 cm³/mol. The number of ether oxygens (including phenoxy) is 1. The Balaban J connectivity index is 2.65. The number of hydrogen-bond acceptors (Lipinski definition) is 4. The van der Waals surface area contributed by atoms with Crippen molar-refractivity contribution in [2.24, 2.45) is 7.05 Å². The number of esters is 1. The van der Waals surface area contributed by atoms with E-state index in [4.69, 9.17) is 27.9 Å². The molecule has 1 aromatic heterocycles. The van der Waals surface area contributed by atoms with Crippen LogP contribution in [-0.2, 0) is 11.8 Å². The quantitative estimate of drug-likeness (QED) is 0.621. The van der Waals surface area contributed by atoms with E-state index in [0.29, 0.717) is 21.8 Å². The molecule has 0 radical (unpaired) electrons. The summed E-state index contributed by atoms with van der Waals surface area (Å²) in [6.45, 7) is 6.48. The van der Waals surface area contributed by atoms with Crippen molar-refractivity contribution < 1.29 is 14.3 Å². The molecule has 1 aromatic carbocycles. The Morgan fingerprint density at radius 2 is 1.78 bits per heavy atom. The maximum absolute atomic E-state index is 12.9. The van der Waals surface area contributed by atoms with Gasteiger partial charge in [-0.3, -0.25) is 9.59 Å². The summed E-state index contributed by atoms with van der Waals surface area (Å²) in [7, 11) is 1.60. The van der Waals surface area contributed by atoms with Crippen LogP contribution in [0.1, 0.15) is 39.7 Å². The largest absolute Gasteiger partial charge is 0.407 e. The number of aromatic nitrogens is 2. The molecule has 23 heavy (non-hydrogen) atoms. The molecule has 0 fully saturated rings. The van der Waals surface area contributed by atoms with Crippen LogP contribution in [0.4, 0.5) is 0 Å². The summed E-state index contributed by atoms with van der Waals surface area (Å²) in [5.74, 6) is -0.794. The lowest BCUT2D eigenvalue weighted by atomic mass is 9.99. The van der Waals surface area contributed by atoms with Crippen LogP contribution >= 0.6 is 23.2 Å². The molecule has 1 heterocycles. The van der Waals surface area contributed by atoms with Gasteiger partial charge in [0.15, 0.2) is 0 Å². The smallest absolute Gasteiger partial charge is 0.309 e. The number of benzene rings is 1. The van der Waals surface area contributed by atoms with Crippen molar-refractivity contribution >= 4 is 35.0 Å². The highest BCUT2D eigenvalue weighted by molar-refractivity contribution is 6.39. The van der Waals surface area contributed by atoms with Gasteiger partial charge >= 0.3 is 5.97 Å². The van der Waals surface area contributed by atoms with Crippen molar-refractivity contribution in [2.75, 3.05) is 0 Å². The molecule has 7 heteroatoms. The minimum atomic E-state index is -0.531. The van der Waals surface area contributed by atoms with Gasteiger partial charge in [-0.15, -0.1) is 0 Å². The van der Waals surface area contributed by atoms with Gasteiger partial charge in [-0.2, -0.15) is 5.10 Å². The molecule has 0 bridgehead atoms. The van der Waals surface area contributed by atoms with E-state index in [0.717, 1.165) is 5.56 Å². The summed E-state index contributed by atoms with van der Waals surface area (Å²) < 4.78 is 6.49. The average molecular weight is 355 g/mol. The molecule has 0 atom stereocenters. The Morgan fingerprint density at radius 1 is 1.17 bits per heavy atom. The molecular formula is C16H16Cl2N2O3. The first-order chi connectivity index (χ1) is 10.6. The molecule has 0 aliphatic heterocycles. The Morgan fingerprint density at radius 3 is 2.35 bits per heavy atom. The van der Waals surface area contributed by atoms with Gasteiger partial charge in [0.25, 0.3) is 0 Å². The summed E-state index contributed by atoms with van der Waals surface area (Å²) in [4.78, 5) is 24.2. The van der Waals surface area contributed by atoms with Gasteiger partial charge in [0.2, 0.25) is 11.7 Å². The van der Waals surface area contributed by atoms with Crippen LogP contribution in [0, 0.1) is 20.8 Å². The Kier molecular flexibility index (Phi) is 4.82. The van der Waals surface area contributed by atoms with Crippen LogP contribution in [0.25, 0.3) is 0 Å². The normalized spacial score (nSPS) is 10.7. The first-order valence-corrected chi connectivity index (χ1v) is 7.62. The summed E-state index contributed by atoms with van der Waals surface area (Å²) in [5, 5.41) is 4.96. The molecule has 0 saturated carbocycles. The highest BCUT2D eigenvalue weighted by Crippen LogP contribution is 2.34. The van der Waals surface area contributed by atoms with Gasteiger partial charge < -0.3 is 4.74 Å². The van der Waals surface area contributed by atoms with Crippen molar-refractivity contribution in [3.63, 3.8) is 0 Å². The van der Waals surface area contributed by atoms with E-state index in [2.05, 4.69) is 5.10 Å². The number of rotatable bonds is 3. The van der Waals surface area contributed by atoms with Gasteiger partial charge in [-0.05, 0) is 38.0 Å². The fraction of sp³-hybridized carbons (Fsp3) is 0.312. The van der Waals surface area contributed by atoms with Gasteiger partial charge in [-0.25, -0.2) is 4.68 Å². The number of carbonyl (C=O) groups is 2. The minimum Gasteiger partial charge on any atom is -0.407 e. The number of aryl methyl sites for hydroxylation is 3. The molecule has 2 rings (SSSR count). The second-order valence-corrected chi connectivity index (χ2v) is 6.06. The monoisotopic (exact) mass is 354 g/mol. The third-order valence-corrected chi connectivity index (χ3v) is 4.55. The van der Waals surface area contributed by atoms with E-state index in [1.165, 1.54) is 11.6 Å². The highest BCUT2D eigenvalue weighted by atomic mass is 35.5. The van der Waals surface area contributed by atoms with E-state index in [1.54, 1.807) is 33.9 Å². The van der Waals surface area contributed by atoms with Gasteiger partial charge in [0.1, 0.15) is 5.56 Å². The lowest BCUT2D eigenvalue weighted by Crippen LogP contribution is -2.11. The fourth-order valence-corrected chi connectivity index (χ4v) is 2.82. The maximum atomic E-state index is 12.9. The molecule has 122 valence electrons. The molecule has 0 aliphatic rings. The lowest BCUT2D eigenvalue weighted by molar-refractivity contribution is -0.132. The topological polar surface area (TPSA) is 61.2 Å². The molecule has 0 saturated heterocycles. The third-order valence-electron chi connectivity index (χ3n) is 3.48. The Labute approximate surface area is 144 Å². The highest BCUT2D eigenvalue weighted by Gasteiger charge is 2.27. The summed E-state index contributed by atoms with van der Waals surface area (Å²) >= 11 is 12.5. The number of halogens is 2. The van der Waals surface area contributed by atoms with E-state index in [9.17, 15) is 9.59 Å². The first-order valence-electron chi connectivity index (χ1n) is 6.87. The first kappa shape index (κ1) is 17.5. The van der Waals surface area contributed by atoms with Gasteiger partial charge in [-0.1, -0.05) is 23.2 Å². The van der Waals surface area contributed by atoms with Crippen molar-refractivity contribution in [2.45, 2.75) is 27.7 Å². The zero-order valence-electron chi connectivity index (χ0n) is 13.5. The van der Waals surface area contributed by atoms with Crippen LogP contribution in [0.15, 0.2) is 6.07 Å². The summed E-state index contributed by atoms with van der Waals surface area (Å²) in [5.41, 5.74) is 2.34. The van der Waals surface area contributed by atoms with Crippen molar-refractivity contribution in [1.82, 2.24) is 9.78 Å².